The second-order valence-electron chi connectivity index (χ2n) is 7.64. The fraction of sp³-hybridized carbons (Fsp3) is 0.455. The van der Waals surface area contributed by atoms with Gasteiger partial charge in [-0.15, -0.1) is 0 Å². The van der Waals surface area contributed by atoms with Crippen LogP contribution in [-0.2, 0) is 13.1 Å². The number of aliphatic hydroxyl groups excluding tert-OH is 1. The summed E-state index contributed by atoms with van der Waals surface area (Å²) >= 11 is 1.75. The van der Waals surface area contributed by atoms with Crippen molar-refractivity contribution in [3.63, 3.8) is 0 Å². The van der Waals surface area contributed by atoms with Crippen LogP contribution in [0.4, 0.5) is 0 Å². The van der Waals surface area contributed by atoms with Crippen molar-refractivity contribution in [1.82, 2.24) is 14.8 Å². The van der Waals surface area contributed by atoms with Crippen molar-refractivity contribution in [2.75, 3.05) is 33.4 Å². The number of methoxy groups -OCH3 is 1. The molecule has 1 fully saturated rings. The number of piperazine rings is 1. The number of hydrogen-bond acceptors (Lipinski definition) is 5. The average Bonchev–Trinajstić information content (AvgIpc) is 3.32. The van der Waals surface area contributed by atoms with Gasteiger partial charge in [-0.1, -0.05) is 0 Å². The van der Waals surface area contributed by atoms with E-state index in [1.807, 2.05) is 6.07 Å². The molecule has 1 aliphatic rings. The van der Waals surface area contributed by atoms with Crippen LogP contribution < -0.4 is 4.74 Å². The molecule has 0 amide bonds. The number of benzene rings is 1. The summed E-state index contributed by atoms with van der Waals surface area (Å²) in [6.45, 7) is 7.39. The first-order valence-corrected chi connectivity index (χ1v) is 10.9. The SMILES string of the molecule is COc1ccc2[nH]c(CN3CCN(Cc4ccsc4)[C@H](CCO)C3)c(C)c2c1. The van der Waals surface area contributed by atoms with Crippen LogP contribution in [0, 0.1) is 6.92 Å². The summed E-state index contributed by atoms with van der Waals surface area (Å²) in [7, 11) is 1.71. The Morgan fingerprint density at radius 2 is 2.14 bits per heavy atom. The Morgan fingerprint density at radius 1 is 1.25 bits per heavy atom. The number of aromatic amines is 1. The van der Waals surface area contributed by atoms with Gasteiger partial charge in [0.25, 0.3) is 0 Å². The standard InChI is InChI=1S/C22H29N3O2S/c1-16-20-11-19(27-2)3-4-21(20)23-22(16)14-24-7-8-25(18(13-24)5-9-26)12-17-6-10-28-15-17/h3-4,6,10-11,15,18,23,26H,5,7-9,12-14H2,1-2H3/t18-/m1/s1. The number of aliphatic hydroxyl groups is 1. The third-order valence-electron chi connectivity index (χ3n) is 5.87. The minimum atomic E-state index is 0.240. The maximum Gasteiger partial charge on any atom is 0.119 e. The van der Waals surface area contributed by atoms with E-state index in [-0.39, 0.29) is 6.61 Å². The number of fused-ring (bicyclic) bond motifs is 1. The van der Waals surface area contributed by atoms with Crippen LogP contribution in [0.25, 0.3) is 10.9 Å². The molecule has 0 aliphatic carbocycles. The van der Waals surface area contributed by atoms with Crippen molar-refractivity contribution < 1.29 is 9.84 Å². The predicted octanol–water partition coefficient (Wildman–Crippen LogP) is 3.62. The number of hydrogen-bond donors (Lipinski definition) is 2. The van der Waals surface area contributed by atoms with E-state index in [9.17, 15) is 5.11 Å². The lowest BCUT2D eigenvalue weighted by Gasteiger charge is -2.41. The number of nitrogens with zero attached hydrogens (tertiary/aromatic N) is 2. The van der Waals surface area contributed by atoms with E-state index < -0.39 is 0 Å². The molecule has 28 heavy (non-hydrogen) atoms. The summed E-state index contributed by atoms with van der Waals surface area (Å²) in [4.78, 5) is 8.64. The molecule has 2 aromatic heterocycles. The molecular weight excluding hydrogens is 370 g/mol. The number of nitrogens with one attached hydrogen (secondary N) is 1. The summed E-state index contributed by atoms with van der Waals surface area (Å²) in [5, 5.41) is 15.2. The maximum absolute atomic E-state index is 9.57. The molecule has 3 aromatic rings. The Bertz CT molecular complexity index is 906. The average molecular weight is 400 g/mol. The summed E-state index contributed by atoms with van der Waals surface area (Å²) in [6.07, 6.45) is 0.823. The van der Waals surface area contributed by atoms with Gasteiger partial charge < -0.3 is 14.8 Å². The number of thiophene rings is 1. The number of aromatic nitrogens is 1. The molecule has 4 rings (SSSR count). The quantitative estimate of drug-likeness (QED) is 0.637. The lowest BCUT2D eigenvalue weighted by atomic mass is 10.1. The highest BCUT2D eigenvalue weighted by molar-refractivity contribution is 7.07. The minimum Gasteiger partial charge on any atom is -0.497 e. The van der Waals surface area contributed by atoms with E-state index >= 15 is 0 Å². The van der Waals surface area contributed by atoms with E-state index in [4.69, 9.17) is 4.74 Å². The molecule has 0 bridgehead atoms. The van der Waals surface area contributed by atoms with Gasteiger partial charge in [0.2, 0.25) is 0 Å². The first-order chi connectivity index (χ1) is 13.7. The summed E-state index contributed by atoms with van der Waals surface area (Å²) in [5.41, 5.74) is 5.11. The largest absolute Gasteiger partial charge is 0.497 e. The topological polar surface area (TPSA) is 51.7 Å². The van der Waals surface area contributed by atoms with E-state index in [1.54, 1.807) is 18.4 Å². The van der Waals surface area contributed by atoms with Gasteiger partial charge in [-0.3, -0.25) is 9.80 Å². The molecule has 0 unspecified atom stereocenters. The van der Waals surface area contributed by atoms with Crippen molar-refractivity contribution in [3.8, 4) is 5.75 Å². The van der Waals surface area contributed by atoms with Gasteiger partial charge in [0.15, 0.2) is 0 Å². The Kier molecular flexibility index (Phi) is 6.01. The minimum absolute atomic E-state index is 0.240. The Balaban J connectivity index is 1.46. The number of rotatable bonds is 7. The Hall–Kier alpha value is -1.86. The zero-order chi connectivity index (χ0) is 19.5. The molecule has 2 N–H and O–H groups in total. The van der Waals surface area contributed by atoms with Crippen LogP contribution in [0.1, 0.15) is 23.2 Å². The van der Waals surface area contributed by atoms with Crippen molar-refractivity contribution >= 4 is 22.2 Å². The number of H-pyrrole nitrogens is 1. The van der Waals surface area contributed by atoms with Gasteiger partial charge in [-0.05, 0) is 59.5 Å². The second kappa shape index (κ2) is 8.66. The first kappa shape index (κ1) is 19.5. The van der Waals surface area contributed by atoms with Crippen molar-refractivity contribution in [2.45, 2.75) is 32.5 Å². The van der Waals surface area contributed by atoms with Crippen LogP contribution in [0.3, 0.4) is 0 Å². The molecular formula is C22H29N3O2S. The maximum atomic E-state index is 9.57. The first-order valence-electron chi connectivity index (χ1n) is 9.91. The lowest BCUT2D eigenvalue weighted by Crippen LogP contribution is -2.52. The zero-order valence-electron chi connectivity index (χ0n) is 16.6. The summed E-state index contributed by atoms with van der Waals surface area (Å²) < 4.78 is 5.38. The number of ether oxygens (including phenoxy) is 1. The van der Waals surface area contributed by atoms with Gasteiger partial charge >= 0.3 is 0 Å². The molecule has 3 heterocycles. The van der Waals surface area contributed by atoms with Crippen LogP contribution >= 0.6 is 11.3 Å². The highest BCUT2D eigenvalue weighted by Gasteiger charge is 2.27. The fourth-order valence-electron chi connectivity index (χ4n) is 4.22. The molecule has 1 aliphatic heterocycles. The van der Waals surface area contributed by atoms with Crippen molar-refractivity contribution in [3.05, 3.63) is 51.8 Å². The van der Waals surface area contributed by atoms with E-state index in [0.717, 1.165) is 50.4 Å². The highest BCUT2D eigenvalue weighted by Crippen LogP contribution is 2.27. The van der Waals surface area contributed by atoms with Gasteiger partial charge in [0, 0.05) is 62.0 Å². The smallest absolute Gasteiger partial charge is 0.119 e. The molecule has 0 saturated carbocycles. The van der Waals surface area contributed by atoms with E-state index in [0.29, 0.717) is 6.04 Å². The highest BCUT2D eigenvalue weighted by atomic mass is 32.1. The van der Waals surface area contributed by atoms with Gasteiger partial charge in [0.1, 0.15) is 5.75 Å². The molecule has 1 aromatic carbocycles. The Labute approximate surface area is 170 Å². The predicted molar refractivity (Wildman–Crippen MR) is 115 cm³/mol. The third kappa shape index (κ3) is 4.10. The van der Waals surface area contributed by atoms with Crippen LogP contribution in [0.5, 0.6) is 5.75 Å². The molecule has 0 radical (unpaired) electrons. The summed E-state index contributed by atoms with van der Waals surface area (Å²) in [6, 6.07) is 8.80. The molecule has 1 saturated heterocycles. The molecule has 6 heteroatoms. The fourth-order valence-corrected chi connectivity index (χ4v) is 4.88. The van der Waals surface area contributed by atoms with Gasteiger partial charge in [-0.2, -0.15) is 11.3 Å². The van der Waals surface area contributed by atoms with Crippen molar-refractivity contribution in [2.24, 2.45) is 0 Å². The van der Waals surface area contributed by atoms with Gasteiger partial charge in [-0.25, -0.2) is 0 Å². The monoisotopic (exact) mass is 399 g/mol. The molecule has 150 valence electrons. The second-order valence-corrected chi connectivity index (χ2v) is 8.42. The van der Waals surface area contributed by atoms with E-state index in [2.05, 4.69) is 50.7 Å². The van der Waals surface area contributed by atoms with E-state index in [1.165, 1.54) is 22.2 Å². The molecule has 0 spiro atoms. The normalized spacial score (nSPS) is 18.8. The lowest BCUT2D eigenvalue weighted by molar-refractivity contribution is 0.0495. The Morgan fingerprint density at radius 3 is 2.89 bits per heavy atom. The summed E-state index contributed by atoms with van der Waals surface area (Å²) in [5.74, 6) is 0.895. The van der Waals surface area contributed by atoms with Crippen molar-refractivity contribution in [1.29, 1.82) is 0 Å². The zero-order valence-corrected chi connectivity index (χ0v) is 17.5. The third-order valence-corrected chi connectivity index (χ3v) is 6.60. The van der Waals surface area contributed by atoms with Crippen LogP contribution in [0.15, 0.2) is 35.0 Å². The molecule has 1 atom stereocenters. The van der Waals surface area contributed by atoms with Crippen LogP contribution in [0.2, 0.25) is 0 Å². The molecule has 5 nitrogen and oxygen atoms in total. The van der Waals surface area contributed by atoms with Crippen LogP contribution in [-0.4, -0.2) is 59.3 Å². The van der Waals surface area contributed by atoms with Gasteiger partial charge in [0.05, 0.1) is 7.11 Å². The number of aryl methyl sites for hydroxylation is 1.